The molecular formula is C22H24F3NO4S. The van der Waals surface area contributed by atoms with Gasteiger partial charge in [-0.25, -0.2) is 8.42 Å². The minimum Gasteiger partial charge on any atom is -0.376 e. The van der Waals surface area contributed by atoms with Crippen LogP contribution in [0, 0.1) is 5.92 Å². The normalized spacial score (nSPS) is 16.5. The molecule has 2 N–H and O–H groups in total. The maximum Gasteiger partial charge on any atom is 0.421 e. The van der Waals surface area contributed by atoms with Crippen LogP contribution in [0.25, 0.3) is 0 Å². The van der Waals surface area contributed by atoms with Crippen LogP contribution in [-0.4, -0.2) is 31.4 Å². The highest BCUT2D eigenvalue weighted by Crippen LogP contribution is 2.41. The lowest BCUT2D eigenvalue weighted by Gasteiger charge is -2.29. The van der Waals surface area contributed by atoms with Crippen molar-refractivity contribution in [3.8, 4) is 0 Å². The molecular weight excluding hydrogens is 431 g/mol. The molecule has 1 amide bonds. The smallest absolute Gasteiger partial charge is 0.376 e. The van der Waals surface area contributed by atoms with Gasteiger partial charge in [0.1, 0.15) is 0 Å². The Hall–Kier alpha value is -2.39. The molecule has 0 aliphatic heterocycles. The van der Waals surface area contributed by atoms with E-state index in [0.29, 0.717) is 5.56 Å². The van der Waals surface area contributed by atoms with E-state index in [4.69, 9.17) is 0 Å². The van der Waals surface area contributed by atoms with Crippen molar-refractivity contribution in [2.75, 3.05) is 11.1 Å². The number of carbonyl (C=O) groups is 1. The number of sulfone groups is 1. The minimum atomic E-state index is -4.81. The Morgan fingerprint density at radius 2 is 1.65 bits per heavy atom. The van der Waals surface area contributed by atoms with E-state index in [1.807, 2.05) is 0 Å². The summed E-state index contributed by atoms with van der Waals surface area (Å²) in [7, 11) is -3.32. The Morgan fingerprint density at radius 3 is 2.13 bits per heavy atom. The van der Waals surface area contributed by atoms with Gasteiger partial charge in [0.15, 0.2) is 15.4 Å². The second-order valence-electron chi connectivity index (χ2n) is 7.88. The Balaban J connectivity index is 1.62. The Bertz CT molecular complexity index is 1030. The van der Waals surface area contributed by atoms with Gasteiger partial charge in [0, 0.05) is 5.69 Å². The van der Waals surface area contributed by atoms with Crippen molar-refractivity contribution in [1.82, 2.24) is 0 Å². The molecule has 1 fully saturated rings. The van der Waals surface area contributed by atoms with Gasteiger partial charge >= 0.3 is 6.18 Å². The highest BCUT2D eigenvalue weighted by molar-refractivity contribution is 7.91. The standard InChI is InChI=1S/C22H24F3NO4S/c1-2-21(28,22(23,24)25)17-7-9-18(10-8-17)26-20(27)13-15-5-11-19(12-6-15)31(29,30)14-16-3-4-16/h5-12,16,28H,2-4,13-14H2,1H3,(H,26,27). The number of rotatable bonds is 8. The van der Waals surface area contributed by atoms with E-state index >= 15 is 0 Å². The summed E-state index contributed by atoms with van der Waals surface area (Å²) < 4.78 is 64.0. The van der Waals surface area contributed by atoms with Crippen molar-refractivity contribution >= 4 is 21.4 Å². The third kappa shape index (κ3) is 5.46. The highest BCUT2D eigenvalue weighted by Gasteiger charge is 2.53. The Labute approximate surface area is 179 Å². The van der Waals surface area contributed by atoms with Crippen LogP contribution >= 0.6 is 0 Å². The number of hydrogen-bond acceptors (Lipinski definition) is 4. The van der Waals surface area contributed by atoms with Gasteiger partial charge in [-0.15, -0.1) is 0 Å². The summed E-state index contributed by atoms with van der Waals surface area (Å²) in [6.07, 6.45) is -3.50. The number of benzene rings is 2. The number of halogens is 3. The molecule has 2 aromatic carbocycles. The number of hydrogen-bond donors (Lipinski definition) is 2. The molecule has 1 aliphatic carbocycles. The molecule has 5 nitrogen and oxygen atoms in total. The van der Waals surface area contributed by atoms with E-state index in [9.17, 15) is 31.5 Å². The predicted molar refractivity (Wildman–Crippen MR) is 110 cm³/mol. The van der Waals surface area contributed by atoms with E-state index in [0.717, 1.165) is 25.0 Å². The molecule has 0 aromatic heterocycles. The molecule has 0 spiro atoms. The van der Waals surface area contributed by atoms with Gasteiger partial charge in [-0.1, -0.05) is 31.2 Å². The largest absolute Gasteiger partial charge is 0.421 e. The van der Waals surface area contributed by atoms with Crippen molar-refractivity contribution in [1.29, 1.82) is 0 Å². The van der Waals surface area contributed by atoms with Crippen LogP contribution in [0.1, 0.15) is 37.3 Å². The quantitative estimate of drug-likeness (QED) is 0.625. The molecule has 0 radical (unpaired) electrons. The SMILES string of the molecule is CCC(O)(c1ccc(NC(=O)Cc2ccc(S(=O)(=O)CC3CC3)cc2)cc1)C(F)(F)F. The van der Waals surface area contributed by atoms with Gasteiger partial charge in [0.25, 0.3) is 0 Å². The maximum atomic E-state index is 13.2. The van der Waals surface area contributed by atoms with Gasteiger partial charge in [-0.3, -0.25) is 4.79 Å². The first-order valence-corrected chi connectivity index (χ1v) is 11.6. The molecule has 9 heteroatoms. The third-order valence-corrected chi connectivity index (χ3v) is 7.33. The number of carbonyl (C=O) groups excluding carboxylic acids is 1. The summed E-state index contributed by atoms with van der Waals surface area (Å²) in [5.41, 5.74) is -2.35. The average Bonchev–Trinajstić information content (AvgIpc) is 3.50. The van der Waals surface area contributed by atoms with E-state index in [2.05, 4.69) is 5.32 Å². The fourth-order valence-electron chi connectivity index (χ4n) is 3.29. The number of amides is 1. The maximum absolute atomic E-state index is 13.2. The van der Waals surface area contributed by atoms with Gasteiger partial charge < -0.3 is 10.4 Å². The van der Waals surface area contributed by atoms with Crippen molar-refractivity contribution in [2.24, 2.45) is 5.92 Å². The summed E-state index contributed by atoms with van der Waals surface area (Å²) in [5, 5.41) is 12.6. The lowest BCUT2D eigenvalue weighted by Crippen LogP contribution is -2.41. The summed E-state index contributed by atoms with van der Waals surface area (Å²) in [6.45, 7) is 1.24. The zero-order valence-corrected chi connectivity index (χ0v) is 17.8. The molecule has 1 aliphatic rings. The molecule has 168 valence electrons. The Kier molecular flexibility index (Phi) is 6.48. The predicted octanol–water partition coefficient (Wildman–Crippen LogP) is 4.21. The Morgan fingerprint density at radius 1 is 1.06 bits per heavy atom. The molecule has 0 saturated heterocycles. The van der Waals surface area contributed by atoms with Gasteiger partial charge in [-0.05, 0) is 60.6 Å². The molecule has 1 atom stereocenters. The minimum absolute atomic E-state index is 0.0217. The van der Waals surface area contributed by atoms with Crippen LogP contribution in [0.15, 0.2) is 53.4 Å². The van der Waals surface area contributed by atoms with Crippen molar-refractivity contribution in [3.63, 3.8) is 0 Å². The van der Waals surface area contributed by atoms with Crippen LogP contribution in [0.2, 0.25) is 0 Å². The zero-order valence-electron chi connectivity index (χ0n) is 16.9. The monoisotopic (exact) mass is 455 g/mol. The van der Waals surface area contributed by atoms with Crippen molar-refractivity contribution < 1.29 is 31.5 Å². The average molecular weight is 455 g/mol. The summed E-state index contributed by atoms with van der Waals surface area (Å²) in [5.74, 6) is -0.0150. The molecule has 0 bridgehead atoms. The van der Waals surface area contributed by atoms with E-state index in [1.165, 1.54) is 31.2 Å². The van der Waals surface area contributed by atoms with Crippen LogP contribution in [0.5, 0.6) is 0 Å². The van der Waals surface area contributed by atoms with E-state index in [-0.39, 0.29) is 34.2 Å². The lowest BCUT2D eigenvalue weighted by atomic mass is 9.90. The number of anilines is 1. The molecule has 1 saturated carbocycles. The zero-order chi connectivity index (χ0) is 22.9. The van der Waals surface area contributed by atoms with Crippen LogP contribution in [0.3, 0.4) is 0 Å². The van der Waals surface area contributed by atoms with Crippen LogP contribution in [-0.2, 0) is 26.7 Å². The van der Waals surface area contributed by atoms with Gasteiger partial charge in [0.05, 0.1) is 17.1 Å². The van der Waals surface area contributed by atoms with Crippen LogP contribution in [0.4, 0.5) is 18.9 Å². The van der Waals surface area contributed by atoms with Crippen molar-refractivity contribution in [2.45, 2.75) is 49.3 Å². The highest BCUT2D eigenvalue weighted by atomic mass is 32.2. The first-order chi connectivity index (χ1) is 14.4. The summed E-state index contributed by atoms with van der Waals surface area (Å²) >= 11 is 0. The fourth-order valence-corrected chi connectivity index (χ4v) is 4.99. The molecule has 31 heavy (non-hydrogen) atoms. The summed E-state index contributed by atoms with van der Waals surface area (Å²) in [6, 6.07) is 11.0. The molecule has 0 heterocycles. The fraction of sp³-hybridized carbons (Fsp3) is 0.409. The summed E-state index contributed by atoms with van der Waals surface area (Å²) in [4.78, 5) is 12.5. The molecule has 2 aromatic rings. The van der Waals surface area contributed by atoms with Gasteiger partial charge in [0.2, 0.25) is 5.91 Å². The third-order valence-electron chi connectivity index (χ3n) is 5.43. The van der Waals surface area contributed by atoms with Gasteiger partial charge in [-0.2, -0.15) is 13.2 Å². The number of alkyl halides is 3. The van der Waals surface area contributed by atoms with Crippen molar-refractivity contribution in [3.05, 3.63) is 59.7 Å². The second kappa shape index (κ2) is 8.63. The molecule has 3 rings (SSSR count). The first-order valence-electron chi connectivity index (χ1n) is 9.96. The van der Waals surface area contributed by atoms with E-state index < -0.39 is 33.9 Å². The second-order valence-corrected chi connectivity index (χ2v) is 9.92. The van der Waals surface area contributed by atoms with Crippen LogP contribution < -0.4 is 5.32 Å². The lowest BCUT2D eigenvalue weighted by molar-refractivity contribution is -0.267. The number of nitrogens with one attached hydrogen (secondary N) is 1. The topological polar surface area (TPSA) is 83.5 Å². The first kappa shape index (κ1) is 23.3. The molecule has 1 unspecified atom stereocenters. The number of aliphatic hydroxyl groups is 1. The van der Waals surface area contributed by atoms with E-state index in [1.54, 1.807) is 12.1 Å².